The van der Waals surface area contributed by atoms with E-state index < -0.39 is 22.8 Å². The van der Waals surface area contributed by atoms with Crippen molar-refractivity contribution in [2.75, 3.05) is 0 Å². The van der Waals surface area contributed by atoms with Gasteiger partial charge in [0.05, 0.1) is 10.5 Å². The molecule has 0 aliphatic rings. The predicted molar refractivity (Wildman–Crippen MR) is 64.7 cm³/mol. The van der Waals surface area contributed by atoms with Gasteiger partial charge >= 0.3 is 11.0 Å². The monoisotopic (exact) mass is 270 g/mol. The van der Waals surface area contributed by atoms with Gasteiger partial charge in [-0.2, -0.15) is 0 Å². The number of carboxylic acid groups (broad SMARTS) is 1. The Morgan fingerprint density at radius 2 is 2.33 bits per heavy atom. The number of nitrogens with one attached hydrogen (secondary N) is 1. The highest BCUT2D eigenvalue weighted by molar-refractivity contribution is 7.13. The van der Waals surface area contributed by atoms with E-state index in [2.05, 4.69) is 11.9 Å². The van der Waals surface area contributed by atoms with Crippen LogP contribution in [0, 0.1) is 10.1 Å². The molecule has 2 N–H and O–H groups in total. The van der Waals surface area contributed by atoms with Gasteiger partial charge in [-0.05, 0) is 6.42 Å². The number of nitrogens with zero attached hydrogens (tertiary/aromatic N) is 1. The van der Waals surface area contributed by atoms with Gasteiger partial charge in [0.2, 0.25) is 0 Å². The summed E-state index contributed by atoms with van der Waals surface area (Å²) < 4.78 is 0. The fraction of sp³-hybridized carbons (Fsp3) is 0.200. The minimum absolute atomic E-state index is 0.0713. The van der Waals surface area contributed by atoms with Crippen LogP contribution in [-0.2, 0) is 4.79 Å². The molecule has 1 rings (SSSR count). The Bertz CT molecular complexity index is 496. The largest absolute Gasteiger partial charge is 0.480 e. The average Bonchev–Trinajstić information content (AvgIpc) is 2.77. The van der Waals surface area contributed by atoms with Crippen molar-refractivity contribution in [1.29, 1.82) is 0 Å². The van der Waals surface area contributed by atoms with Gasteiger partial charge in [-0.1, -0.05) is 17.4 Å². The summed E-state index contributed by atoms with van der Waals surface area (Å²) in [5.41, 5.74) is 0.0713. The molecule has 0 bridgehead atoms. The van der Waals surface area contributed by atoms with E-state index in [4.69, 9.17) is 5.11 Å². The number of amides is 1. The van der Waals surface area contributed by atoms with E-state index >= 15 is 0 Å². The molecule has 7 nitrogen and oxygen atoms in total. The van der Waals surface area contributed by atoms with Crippen LogP contribution < -0.4 is 5.32 Å². The molecule has 0 saturated carbocycles. The van der Waals surface area contributed by atoms with E-state index in [1.807, 2.05) is 0 Å². The van der Waals surface area contributed by atoms with Gasteiger partial charge in [-0.3, -0.25) is 14.9 Å². The van der Waals surface area contributed by atoms with Crippen LogP contribution in [0.2, 0.25) is 0 Å². The lowest BCUT2D eigenvalue weighted by Gasteiger charge is -2.11. The smallest absolute Gasteiger partial charge is 0.326 e. The van der Waals surface area contributed by atoms with Crippen LogP contribution in [0.15, 0.2) is 24.1 Å². The van der Waals surface area contributed by atoms with E-state index in [1.165, 1.54) is 11.5 Å². The van der Waals surface area contributed by atoms with Gasteiger partial charge in [0.1, 0.15) is 6.04 Å². The zero-order chi connectivity index (χ0) is 13.7. The standard InChI is InChI=1S/C10H10N2O5S/c1-2-3-7(10(14)15)11-9(13)6-4-8(12(16)17)18-5-6/h2,4-5,7H,1,3H2,(H,11,13)(H,14,15). The molecule has 8 heteroatoms. The van der Waals surface area contributed by atoms with E-state index in [9.17, 15) is 19.7 Å². The van der Waals surface area contributed by atoms with Gasteiger partial charge in [0.15, 0.2) is 0 Å². The van der Waals surface area contributed by atoms with Gasteiger partial charge in [0.25, 0.3) is 5.91 Å². The lowest BCUT2D eigenvalue weighted by molar-refractivity contribution is -0.380. The van der Waals surface area contributed by atoms with Crippen molar-refractivity contribution in [3.63, 3.8) is 0 Å². The highest BCUT2D eigenvalue weighted by Gasteiger charge is 2.21. The molecule has 1 aromatic rings. The number of aliphatic carboxylic acids is 1. The Labute approximate surface area is 106 Å². The van der Waals surface area contributed by atoms with Crippen LogP contribution in [0.3, 0.4) is 0 Å². The zero-order valence-electron chi connectivity index (χ0n) is 9.16. The predicted octanol–water partition coefficient (Wildman–Crippen LogP) is 1.42. The summed E-state index contributed by atoms with van der Waals surface area (Å²) >= 11 is 0.807. The lowest BCUT2D eigenvalue weighted by Crippen LogP contribution is -2.40. The van der Waals surface area contributed by atoms with Crippen LogP contribution in [0.1, 0.15) is 16.8 Å². The molecule has 0 aromatic carbocycles. The number of thiophene rings is 1. The normalized spacial score (nSPS) is 11.6. The first kappa shape index (κ1) is 13.8. The Morgan fingerprint density at radius 1 is 1.67 bits per heavy atom. The minimum atomic E-state index is -1.19. The molecule has 1 amide bonds. The van der Waals surface area contributed by atoms with Crippen molar-refractivity contribution < 1.29 is 19.6 Å². The van der Waals surface area contributed by atoms with Crippen LogP contribution >= 0.6 is 11.3 Å². The molecule has 0 spiro atoms. The maximum absolute atomic E-state index is 11.6. The topological polar surface area (TPSA) is 110 Å². The highest BCUT2D eigenvalue weighted by Crippen LogP contribution is 2.22. The zero-order valence-corrected chi connectivity index (χ0v) is 9.98. The fourth-order valence-electron chi connectivity index (χ4n) is 1.17. The second kappa shape index (κ2) is 5.92. The molecule has 0 saturated heterocycles. The van der Waals surface area contributed by atoms with E-state index in [0.29, 0.717) is 0 Å². The first-order valence-corrected chi connectivity index (χ1v) is 5.71. The van der Waals surface area contributed by atoms with E-state index in [-0.39, 0.29) is 17.0 Å². The molecular weight excluding hydrogens is 260 g/mol. The number of nitro groups is 1. The molecule has 1 heterocycles. The van der Waals surface area contributed by atoms with Crippen molar-refractivity contribution in [3.8, 4) is 0 Å². The van der Waals surface area contributed by atoms with Gasteiger partial charge < -0.3 is 10.4 Å². The van der Waals surface area contributed by atoms with Crippen LogP contribution in [0.5, 0.6) is 0 Å². The molecule has 1 atom stereocenters. The second-order valence-electron chi connectivity index (χ2n) is 3.32. The number of rotatable bonds is 6. The molecule has 1 unspecified atom stereocenters. The Hall–Kier alpha value is -2.22. The molecule has 18 heavy (non-hydrogen) atoms. The van der Waals surface area contributed by atoms with Crippen LogP contribution in [0.4, 0.5) is 5.00 Å². The van der Waals surface area contributed by atoms with Crippen molar-refractivity contribution in [3.05, 3.63) is 39.8 Å². The highest BCUT2D eigenvalue weighted by atomic mass is 32.1. The summed E-state index contributed by atoms with van der Waals surface area (Å²) in [5, 5.41) is 22.7. The quantitative estimate of drug-likeness (QED) is 0.461. The molecule has 0 fully saturated rings. The molecule has 96 valence electrons. The molecule has 1 aromatic heterocycles. The molecular formula is C10H10N2O5S. The van der Waals surface area contributed by atoms with Crippen molar-refractivity contribution in [1.82, 2.24) is 5.32 Å². The minimum Gasteiger partial charge on any atom is -0.480 e. The third kappa shape index (κ3) is 3.39. The third-order valence-electron chi connectivity index (χ3n) is 2.03. The summed E-state index contributed by atoms with van der Waals surface area (Å²) in [7, 11) is 0. The summed E-state index contributed by atoms with van der Waals surface area (Å²) in [6.07, 6.45) is 1.45. The van der Waals surface area contributed by atoms with Crippen molar-refractivity contribution in [2.45, 2.75) is 12.5 Å². The van der Waals surface area contributed by atoms with Crippen LogP contribution in [0.25, 0.3) is 0 Å². The van der Waals surface area contributed by atoms with Crippen LogP contribution in [-0.4, -0.2) is 27.9 Å². The first-order chi connectivity index (χ1) is 8.45. The molecule has 0 radical (unpaired) electrons. The van der Waals surface area contributed by atoms with Gasteiger partial charge in [0, 0.05) is 11.4 Å². The van der Waals surface area contributed by atoms with Gasteiger partial charge in [-0.15, -0.1) is 6.58 Å². The SMILES string of the molecule is C=CCC(NC(=O)c1csc([N+](=O)[O-])c1)C(=O)O. The maximum atomic E-state index is 11.6. The molecule has 0 aliphatic heterocycles. The average molecular weight is 270 g/mol. The van der Waals surface area contributed by atoms with E-state index in [0.717, 1.165) is 17.4 Å². The van der Waals surface area contributed by atoms with Crippen molar-refractivity contribution >= 4 is 28.2 Å². The Morgan fingerprint density at radius 3 is 2.78 bits per heavy atom. The van der Waals surface area contributed by atoms with Gasteiger partial charge in [-0.25, -0.2) is 4.79 Å². The Kier molecular flexibility index (Phi) is 4.55. The summed E-state index contributed by atoms with van der Waals surface area (Å²) in [5.74, 6) is -1.85. The molecule has 0 aliphatic carbocycles. The summed E-state index contributed by atoms with van der Waals surface area (Å²) in [6.45, 7) is 3.39. The Balaban J connectivity index is 2.76. The summed E-state index contributed by atoms with van der Waals surface area (Å²) in [6, 6.07) is 0.0151. The lowest BCUT2D eigenvalue weighted by atomic mass is 10.2. The number of hydrogen-bond acceptors (Lipinski definition) is 5. The third-order valence-corrected chi connectivity index (χ3v) is 2.91. The first-order valence-electron chi connectivity index (χ1n) is 4.83. The maximum Gasteiger partial charge on any atom is 0.326 e. The number of carbonyl (C=O) groups excluding carboxylic acids is 1. The number of hydrogen-bond donors (Lipinski definition) is 2. The number of carboxylic acids is 1. The fourth-order valence-corrected chi connectivity index (χ4v) is 1.87. The van der Waals surface area contributed by atoms with E-state index in [1.54, 1.807) is 0 Å². The summed E-state index contributed by atoms with van der Waals surface area (Å²) in [4.78, 5) is 32.3. The van der Waals surface area contributed by atoms with Crippen molar-refractivity contribution in [2.24, 2.45) is 0 Å². The second-order valence-corrected chi connectivity index (χ2v) is 4.21. The number of carbonyl (C=O) groups is 2.